The number of para-hydroxylation sites is 1. The SMILES string of the molecule is COc1c(Cl)cccc1Nc1c(-c2ccncc2F)[nH]c2c1C(=O)NCC2CC(C)=O. The van der Waals surface area contributed by atoms with Gasteiger partial charge in [0.25, 0.3) is 5.91 Å². The van der Waals surface area contributed by atoms with Crippen molar-refractivity contribution in [3.63, 3.8) is 0 Å². The Morgan fingerprint density at radius 2 is 2.19 bits per heavy atom. The summed E-state index contributed by atoms with van der Waals surface area (Å²) in [5.74, 6) is -0.757. The second kappa shape index (κ2) is 8.39. The minimum absolute atomic E-state index is 0.00985. The summed E-state index contributed by atoms with van der Waals surface area (Å²) >= 11 is 6.25. The summed E-state index contributed by atoms with van der Waals surface area (Å²) in [6, 6.07) is 6.67. The molecule has 3 heterocycles. The van der Waals surface area contributed by atoms with Crippen LogP contribution in [-0.4, -0.2) is 35.3 Å². The number of rotatable bonds is 6. The van der Waals surface area contributed by atoms with E-state index in [9.17, 15) is 14.0 Å². The molecule has 3 N–H and O–H groups in total. The van der Waals surface area contributed by atoms with E-state index in [0.29, 0.717) is 45.6 Å². The number of nitrogens with zero attached hydrogens (tertiary/aromatic N) is 1. The van der Waals surface area contributed by atoms with Gasteiger partial charge in [-0.1, -0.05) is 17.7 Å². The lowest BCUT2D eigenvalue weighted by molar-refractivity contribution is -0.117. The van der Waals surface area contributed by atoms with Crippen molar-refractivity contribution in [3.05, 3.63) is 58.8 Å². The van der Waals surface area contributed by atoms with E-state index >= 15 is 0 Å². The Bertz CT molecular complexity index is 1180. The third-order valence-corrected chi connectivity index (χ3v) is 5.48. The van der Waals surface area contributed by atoms with Crippen LogP contribution in [-0.2, 0) is 4.79 Å². The van der Waals surface area contributed by atoms with E-state index in [2.05, 4.69) is 20.6 Å². The molecule has 0 aliphatic carbocycles. The molecule has 9 heteroatoms. The van der Waals surface area contributed by atoms with Crippen LogP contribution in [0.1, 0.15) is 35.3 Å². The number of fused-ring (bicyclic) bond motifs is 1. The van der Waals surface area contributed by atoms with Crippen LogP contribution in [0, 0.1) is 5.82 Å². The number of ketones is 1. The molecular weight excluding hydrogens is 423 g/mol. The second-order valence-electron chi connectivity index (χ2n) is 7.28. The number of Topliss-reactive ketones (excluding diaryl/α,β-unsaturated/α-hetero) is 1. The zero-order valence-electron chi connectivity index (χ0n) is 16.9. The summed E-state index contributed by atoms with van der Waals surface area (Å²) in [5, 5.41) is 6.40. The lowest BCUT2D eigenvalue weighted by Crippen LogP contribution is -2.35. The monoisotopic (exact) mass is 442 g/mol. The third kappa shape index (κ3) is 3.86. The van der Waals surface area contributed by atoms with Gasteiger partial charge in [-0.25, -0.2) is 4.39 Å². The first-order valence-electron chi connectivity index (χ1n) is 9.63. The molecule has 1 aromatic carbocycles. The number of halogens is 2. The fourth-order valence-electron chi connectivity index (χ4n) is 3.84. The number of nitrogens with one attached hydrogen (secondary N) is 3. The number of amides is 1. The van der Waals surface area contributed by atoms with E-state index in [1.54, 1.807) is 18.2 Å². The molecule has 0 fully saturated rings. The molecule has 0 bridgehead atoms. The van der Waals surface area contributed by atoms with Crippen molar-refractivity contribution < 1.29 is 18.7 Å². The Kier molecular flexibility index (Phi) is 5.65. The van der Waals surface area contributed by atoms with E-state index in [1.165, 1.54) is 26.3 Å². The van der Waals surface area contributed by atoms with Crippen molar-refractivity contribution in [2.75, 3.05) is 19.0 Å². The first kappa shape index (κ1) is 20.9. The van der Waals surface area contributed by atoms with Crippen LogP contribution >= 0.6 is 11.6 Å². The van der Waals surface area contributed by atoms with E-state index in [1.807, 2.05) is 0 Å². The van der Waals surface area contributed by atoms with Crippen LogP contribution in [0.3, 0.4) is 0 Å². The fraction of sp³-hybridized carbons (Fsp3) is 0.227. The Morgan fingerprint density at radius 1 is 1.39 bits per heavy atom. The molecule has 1 atom stereocenters. The predicted octanol–water partition coefficient (Wildman–Crippen LogP) is 4.43. The number of methoxy groups -OCH3 is 1. The molecule has 0 saturated heterocycles. The number of H-pyrrole nitrogens is 1. The maximum absolute atomic E-state index is 14.7. The molecule has 1 aliphatic rings. The van der Waals surface area contributed by atoms with Crippen LogP contribution in [0.25, 0.3) is 11.3 Å². The minimum Gasteiger partial charge on any atom is -0.493 e. The standard InChI is InChI=1S/C22H20ClFN4O3/c1-11(29)8-12-9-26-22(30)17-18(12)28-19(13-6-7-25-10-15(13)24)20(17)27-16-5-3-4-14(23)21(16)31-2/h3-7,10,12,27-28H,8-9H2,1-2H3,(H,26,30). The molecule has 0 saturated carbocycles. The lowest BCUT2D eigenvalue weighted by Gasteiger charge is -2.23. The van der Waals surface area contributed by atoms with Crippen molar-refractivity contribution in [1.29, 1.82) is 0 Å². The average molecular weight is 443 g/mol. The van der Waals surface area contributed by atoms with Crippen LogP contribution in [0.4, 0.5) is 15.8 Å². The summed E-state index contributed by atoms with van der Waals surface area (Å²) in [4.78, 5) is 31.7. The van der Waals surface area contributed by atoms with Crippen LogP contribution in [0.15, 0.2) is 36.7 Å². The minimum atomic E-state index is -0.550. The number of carbonyl (C=O) groups excluding carboxylic acids is 2. The lowest BCUT2D eigenvalue weighted by atomic mass is 9.92. The fourth-order valence-corrected chi connectivity index (χ4v) is 4.09. The first-order chi connectivity index (χ1) is 14.9. The molecular formula is C22H20ClFN4O3. The van der Waals surface area contributed by atoms with E-state index in [-0.39, 0.29) is 29.6 Å². The zero-order valence-corrected chi connectivity index (χ0v) is 17.6. The van der Waals surface area contributed by atoms with Gasteiger partial charge in [-0.3, -0.25) is 9.78 Å². The summed E-state index contributed by atoms with van der Waals surface area (Å²) in [7, 11) is 1.48. The first-order valence-corrected chi connectivity index (χ1v) is 10.0. The van der Waals surface area contributed by atoms with Gasteiger partial charge in [-0.05, 0) is 25.1 Å². The largest absolute Gasteiger partial charge is 0.493 e. The van der Waals surface area contributed by atoms with Gasteiger partial charge in [0.15, 0.2) is 11.6 Å². The molecule has 1 amide bonds. The van der Waals surface area contributed by atoms with E-state index in [0.717, 1.165) is 6.20 Å². The number of benzene rings is 1. The summed E-state index contributed by atoms with van der Waals surface area (Å²) in [6.45, 7) is 1.81. The highest BCUT2D eigenvalue weighted by molar-refractivity contribution is 6.32. The summed E-state index contributed by atoms with van der Waals surface area (Å²) in [5.41, 5.74) is 2.39. The van der Waals surface area contributed by atoms with Gasteiger partial charge < -0.3 is 25.1 Å². The normalized spacial score (nSPS) is 15.2. The number of aromatic amines is 1. The maximum Gasteiger partial charge on any atom is 0.255 e. The van der Waals surface area contributed by atoms with Crippen molar-refractivity contribution in [1.82, 2.24) is 15.3 Å². The molecule has 160 valence electrons. The predicted molar refractivity (Wildman–Crippen MR) is 116 cm³/mol. The van der Waals surface area contributed by atoms with Crippen molar-refractivity contribution in [3.8, 4) is 17.0 Å². The summed E-state index contributed by atoms with van der Waals surface area (Å²) in [6.07, 6.45) is 2.81. The second-order valence-corrected chi connectivity index (χ2v) is 7.69. The number of hydrogen-bond acceptors (Lipinski definition) is 5. The number of aromatic nitrogens is 2. The number of anilines is 2. The quantitative estimate of drug-likeness (QED) is 0.525. The molecule has 0 spiro atoms. The van der Waals surface area contributed by atoms with Crippen molar-refractivity contribution >= 4 is 34.7 Å². The Balaban J connectivity index is 1.94. The Morgan fingerprint density at radius 3 is 2.90 bits per heavy atom. The molecule has 1 unspecified atom stereocenters. The molecule has 7 nitrogen and oxygen atoms in total. The van der Waals surface area contributed by atoms with E-state index < -0.39 is 5.82 Å². The average Bonchev–Trinajstić information content (AvgIpc) is 3.10. The number of ether oxygens (including phenoxy) is 1. The number of carbonyl (C=O) groups is 2. The highest BCUT2D eigenvalue weighted by Gasteiger charge is 2.34. The van der Waals surface area contributed by atoms with Gasteiger partial charge in [-0.2, -0.15) is 0 Å². The van der Waals surface area contributed by atoms with Gasteiger partial charge in [-0.15, -0.1) is 0 Å². The van der Waals surface area contributed by atoms with Gasteiger partial charge in [0, 0.05) is 36.3 Å². The van der Waals surface area contributed by atoms with Crippen LogP contribution < -0.4 is 15.4 Å². The van der Waals surface area contributed by atoms with Gasteiger partial charge in [0.05, 0.1) is 41.0 Å². The molecule has 2 aromatic heterocycles. The third-order valence-electron chi connectivity index (χ3n) is 5.18. The highest BCUT2D eigenvalue weighted by atomic mass is 35.5. The Hall–Kier alpha value is -3.39. The van der Waals surface area contributed by atoms with Gasteiger partial charge in [0.2, 0.25) is 0 Å². The smallest absolute Gasteiger partial charge is 0.255 e. The molecule has 3 aromatic rings. The topological polar surface area (TPSA) is 96.1 Å². The maximum atomic E-state index is 14.7. The Labute approximate surface area is 183 Å². The number of hydrogen-bond donors (Lipinski definition) is 3. The van der Waals surface area contributed by atoms with E-state index in [4.69, 9.17) is 16.3 Å². The van der Waals surface area contributed by atoms with Gasteiger partial charge >= 0.3 is 0 Å². The number of pyridine rings is 1. The van der Waals surface area contributed by atoms with Gasteiger partial charge in [0.1, 0.15) is 5.78 Å². The summed E-state index contributed by atoms with van der Waals surface area (Å²) < 4.78 is 20.1. The van der Waals surface area contributed by atoms with Crippen molar-refractivity contribution in [2.24, 2.45) is 0 Å². The molecule has 4 rings (SSSR count). The molecule has 0 radical (unpaired) electrons. The van der Waals surface area contributed by atoms with Crippen molar-refractivity contribution in [2.45, 2.75) is 19.3 Å². The van der Waals surface area contributed by atoms with Crippen LogP contribution in [0.5, 0.6) is 5.75 Å². The molecule has 31 heavy (non-hydrogen) atoms. The molecule has 1 aliphatic heterocycles. The highest BCUT2D eigenvalue weighted by Crippen LogP contribution is 2.43. The van der Waals surface area contributed by atoms with Crippen LogP contribution in [0.2, 0.25) is 5.02 Å². The zero-order chi connectivity index (χ0) is 22.1.